The van der Waals surface area contributed by atoms with Crippen LogP contribution >= 0.6 is 0 Å². The Labute approximate surface area is 351 Å². The lowest BCUT2D eigenvalue weighted by molar-refractivity contribution is -0.166. The van der Waals surface area contributed by atoms with Crippen molar-refractivity contribution in [2.75, 3.05) is 13.2 Å². The average Bonchev–Trinajstić information content (AvgIpc) is 3.21. The highest BCUT2D eigenvalue weighted by molar-refractivity contribution is 5.72. The Morgan fingerprint density at radius 1 is 0.386 bits per heavy atom. The molecule has 0 fully saturated rings. The highest BCUT2D eigenvalue weighted by Crippen LogP contribution is 2.14. The van der Waals surface area contributed by atoms with Gasteiger partial charge in [0.05, 0.1) is 6.42 Å². The summed E-state index contributed by atoms with van der Waals surface area (Å²) in [7, 11) is 0. The molecule has 1 unspecified atom stereocenters. The van der Waals surface area contributed by atoms with Crippen LogP contribution in [0.25, 0.3) is 0 Å². The van der Waals surface area contributed by atoms with Crippen molar-refractivity contribution in [3.05, 3.63) is 72.9 Å². The van der Waals surface area contributed by atoms with E-state index in [1.807, 2.05) is 6.08 Å². The molecule has 6 nitrogen and oxygen atoms in total. The van der Waals surface area contributed by atoms with Crippen LogP contribution in [0.2, 0.25) is 0 Å². The first-order chi connectivity index (χ1) is 28.0. The lowest BCUT2D eigenvalue weighted by Crippen LogP contribution is -2.30. The monoisotopic (exact) mass is 795 g/mol. The third-order valence-corrected chi connectivity index (χ3v) is 9.73. The predicted molar refractivity (Wildman–Crippen MR) is 242 cm³/mol. The maximum atomic E-state index is 12.7. The van der Waals surface area contributed by atoms with E-state index < -0.39 is 12.1 Å². The molecule has 0 rings (SSSR count). The predicted octanol–water partition coefficient (Wildman–Crippen LogP) is 15.1. The minimum Gasteiger partial charge on any atom is -0.462 e. The number of unbranched alkanes of at least 4 members (excludes halogenated alkanes) is 19. The maximum Gasteiger partial charge on any atom is 0.309 e. The van der Waals surface area contributed by atoms with Crippen LogP contribution in [-0.4, -0.2) is 37.2 Å². The zero-order valence-electron chi connectivity index (χ0n) is 37.1. The summed E-state index contributed by atoms with van der Waals surface area (Å²) < 4.78 is 16.6. The van der Waals surface area contributed by atoms with Gasteiger partial charge in [-0.2, -0.15) is 0 Å². The van der Waals surface area contributed by atoms with Crippen molar-refractivity contribution in [1.82, 2.24) is 0 Å². The smallest absolute Gasteiger partial charge is 0.309 e. The SMILES string of the molecule is CC/C=C\C/C=C\C/C=C\C/C=C\C/C=C\CC(=O)OCC(COC(=O)CCCCCCC/C=C\CCCC)OC(=O)CCCCCCCCCCCCCCC. The molecular formula is C51H86O6. The first kappa shape index (κ1) is 53.9. The molecule has 0 aliphatic rings. The molecule has 57 heavy (non-hydrogen) atoms. The number of carbonyl (C=O) groups excluding carboxylic acids is 3. The Balaban J connectivity index is 4.51. The molecule has 0 aromatic heterocycles. The van der Waals surface area contributed by atoms with Gasteiger partial charge in [-0.3, -0.25) is 14.4 Å². The van der Waals surface area contributed by atoms with Gasteiger partial charge in [0.25, 0.3) is 0 Å². The van der Waals surface area contributed by atoms with E-state index in [2.05, 4.69) is 81.5 Å². The van der Waals surface area contributed by atoms with Gasteiger partial charge < -0.3 is 14.2 Å². The van der Waals surface area contributed by atoms with Gasteiger partial charge >= 0.3 is 17.9 Å². The van der Waals surface area contributed by atoms with E-state index in [9.17, 15) is 14.4 Å². The lowest BCUT2D eigenvalue weighted by Gasteiger charge is -2.18. The Bertz CT molecular complexity index is 1100. The van der Waals surface area contributed by atoms with Crippen LogP contribution in [0.4, 0.5) is 0 Å². The summed E-state index contributed by atoms with van der Waals surface area (Å²) in [6.07, 6.45) is 56.2. The average molecular weight is 795 g/mol. The van der Waals surface area contributed by atoms with Gasteiger partial charge in [0.15, 0.2) is 6.10 Å². The van der Waals surface area contributed by atoms with Crippen LogP contribution in [0, 0.1) is 0 Å². The second kappa shape index (κ2) is 45.6. The molecule has 0 aromatic carbocycles. The minimum absolute atomic E-state index is 0.109. The molecule has 0 bridgehead atoms. The minimum atomic E-state index is -0.814. The van der Waals surface area contributed by atoms with Gasteiger partial charge in [-0.25, -0.2) is 0 Å². The van der Waals surface area contributed by atoms with Gasteiger partial charge in [0.2, 0.25) is 0 Å². The van der Waals surface area contributed by atoms with Gasteiger partial charge in [-0.15, -0.1) is 0 Å². The fourth-order valence-corrected chi connectivity index (χ4v) is 6.20. The molecule has 0 radical (unpaired) electrons. The van der Waals surface area contributed by atoms with Crippen molar-refractivity contribution >= 4 is 17.9 Å². The highest BCUT2D eigenvalue weighted by Gasteiger charge is 2.19. The van der Waals surface area contributed by atoms with Crippen LogP contribution in [-0.2, 0) is 28.6 Å². The Morgan fingerprint density at radius 2 is 0.772 bits per heavy atom. The van der Waals surface area contributed by atoms with Gasteiger partial charge in [-0.1, -0.05) is 203 Å². The normalized spacial score (nSPS) is 12.7. The van der Waals surface area contributed by atoms with Crippen molar-refractivity contribution in [2.45, 2.75) is 219 Å². The number of allylic oxidation sites excluding steroid dienone is 11. The third kappa shape index (κ3) is 43.8. The van der Waals surface area contributed by atoms with Crippen LogP contribution in [0.5, 0.6) is 0 Å². The molecule has 6 heteroatoms. The summed E-state index contributed by atoms with van der Waals surface area (Å²) in [6, 6.07) is 0. The molecule has 0 amide bonds. The number of carbonyl (C=O) groups is 3. The molecule has 0 saturated heterocycles. The van der Waals surface area contributed by atoms with Gasteiger partial charge in [0.1, 0.15) is 13.2 Å². The Morgan fingerprint density at radius 3 is 1.26 bits per heavy atom. The van der Waals surface area contributed by atoms with E-state index in [4.69, 9.17) is 14.2 Å². The molecule has 0 N–H and O–H groups in total. The second-order valence-electron chi connectivity index (χ2n) is 15.3. The van der Waals surface area contributed by atoms with Crippen molar-refractivity contribution in [2.24, 2.45) is 0 Å². The van der Waals surface area contributed by atoms with E-state index in [0.29, 0.717) is 12.8 Å². The zero-order valence-corrected chi connectivity index (χ0v) is 37.1. The Kier molecular flexibility index (Phi) is 43.0. The topological polar surface area (TPSA) is 78.9 Å². The summed E-state index contributed by atoms with van der Waals surface area (Å²) in [5, 5.41) is 0. The molecule has 0 spiro atoms. The van der Waals surface area contributed by atoms with Crippen molar-refractivity contribution in [3.63, 3.8) is 0 Å². The number of ether oxygens (including phenoxy) is 3. The molecule has 0 saturated carbocycles. The first-order valence-corrected chi connectivity index (χ1v) is 23.4. The number of esters is 3. The van der Waals surface area contributed by atoms with Crippen molar-refractivity contribution < 1.29 is 28.6 Å². The van der Waals surface area contributed by atoms with Gasteiger partial charge in [-0.05, 0) is 64.2 Å². The van der Waals surface area contributed by atoms with Crippen molar-refractivity contribution in [3.8, 4) is 0 Å². The fourth-order valence-electron chi connectivity index (χ4n) is 6.20. The van der Waals surface area contributed by atoms with Crippen LogP contribution in [0.3, 0.4) is 0 Å². The summed E-state index contributed by atoms with van der Waals surface area (Å²) in [5.41, 5.74) is 0. The summed E-state index contributed by atoms with van der Waals surface area (Å²) in [4.78, 5) is 37.7. The molecule has 0 aliphatic heterocycles. The summed E-state index contributed by atoms with van der Waals surface area (Å²) in [5.74, 6) is -1.05. The zero-order chi connectivity index (χ0) is 41.5. The van der Waals surface area contributed by atoms with E-state index >= 15 is 0 Å². The third-order valence-electron chi connectivity index (χ3n) is 9.73. The lowest BCUT2D eigenvalue weighted by atomic mass is 10.0. The second-order valence-corrected chi connectivity index (χ2v) is 15.3. The number of hydrogen-bond acceptors (Lipinski definition) is 6. The van der Waals surface area contributed by atoms with E-state index in [-0.39, 0.29) is 31.6 Å². The quantitative estimate of drug-likeness (QED) is 0.0265. The van der Waals surface area contributed by atoms with Crippen molar-refractivity contribution in [1.29, 1.82) is 0 Å². The van der Waals surface area contributed by atoms with Crippen LogP contribution < -0.4 is 0 Å². The van der Waals surface area contributed by atoms with Crippen LogP contribution in [0.15, 0.2) is 72.9 Å². The largest absolute Gasteiger partial charge is 0.462 e. The van der Waals surface area contributed by atoms with E-state index in [0.717, 1.165) is 83.5 Å². The first-order valence-electron chi connectivity index (χ1n) is 23.4. The molecule has 0 heterocycles. The number of rotatable bonds is 41. The molecule has 326 valence electrons. The highest BCUT2D eigenvalue weighted by atomic mass is 16.6. The molecule has 1 atom stereocenters. The molecule has 0 aliphatic carbocycles. The van der Waals surface area contributed by atoms with Crippen LogP contribution in [0.1, 0.15) is 213 Å². The van der Waals surface area contributed by atoms with E-state index in [1.165, 1.54) is 89.9 Å². The Hall–Kier alpha value is -3.15. The summed E-state index contributed by atoms with van der Waals surface area (Å²) in [6.45, 7) is 6.37. The van der Waals surface area contributed by atoms with E-state index in [1.54, 1.807) is 6.08 Å². The fraction of sp³-hybridized carbons (Fsp3) is 0.706. The molecule has 0 aromatic rings. The van der Waals surface area contributed by atoms with Gasteiger partial charge in [0, 0.05) is 12.8 Å². The summed E-state index contributed by atoms with van der Waals surface area (Å²) >= 11 is 0. The maximum absolute atomic E-state index is 12.7. The number of hydrogen-bond donors (Lipinski definition) is 0. The molecular weight excluding hydrogens is 709 g/mol. The standard InChI is InChI=1S/C51H86O6/c1-4-7-10-13-16-19-22-24-25-27-29-32-35-38-41-44-50(53)56-47-48(46-55-49(52)43-40-37-34-31-28-21-18-15-12-9-6-3)57-51(54)45-42-39-36-33-30-26-23-20-17-14-11-8-5-2/h7,10,15-16,18-19,24-25,29,32,38,41,48H,4-6,8-9,11-14,17,20-23,26-28,30-31,33-37,39-40,42-47H2,1-3H3/b10-7-,18-15-,19-16-,25-24-,32-29-,41-38-.